The Labute approximate surface area is 203 Å². The first-order valence-corrected chi connectivity index (χ1v) is 15.3. The lowest BCUT2D eigenvalue weighted by Gasteiger charge is -2.35. The first kappa shape index (κ1) is 20.8. The number of allylic oxidation sites excluding steroid dienone is 1. The fourth-order valence-electron chi connectivity index (χ4n) is 5.85. The quantitative estimate of drug-likeness (QED) is 0.145. The minimum atomic E-state index is -1.95. The Morgan fingerprint density at radius 1 is 0.588 bits per heavy atom. The van der Waals surface area contributed by atoms with Gasteiger partial charge in [0.05, 0.1) is 8.07 Å². The normalized spacial score (nSPS) is 14.4. The van der Waals surface area contributed by atoms with Crippen molar-refractivity contribution in [2.24, 2.45) is 0 Å². The largest absolute Gasteiger partial charge is 0.118 e. The molecule has 0 radical (unpaired) electrons. The van der Waals surface area contributed by atoms with Gasteiger partial charge in [-0.05, 0) is 49.7 Å². The van der Waals surface area contributed by atoms with Gasteiger partial charge in [-0.15, -0.1) is 12.2 Å². The van der Waals surface area contributed by atoms with Gasteiger partial charge in [0.2, 0.25) is 0 Å². The summed E-state index contributed by atoms with van der Waals surface area (Å²) in [6, 6.07) is 34.7. The molecular formula is C33H26Si. The summed E-state index contributed by atoms with van der Waals surface area (Å²) < 4.78 is 0. The van der Waals surface area contributed by atoms with Crippen LogP contribution in [0.3, 0.4) is 0 Å². The molecule has 0 saturated heterocycles. The van der Waals surface area contributed by atoms with Crippen molar-refractivity contribution in [1.82, 2.24) is 0 Å². The Hall–Kier alpha value is -3.82. The maximum atomic E-state index is 6.56. The summed E-state index contributed by atoms with van der Waals surface area (Å²) >= 11 is 0. The van der Waals surface area contributed by atoms with Crippen molar-refractivity contribution in [3.63, 3.8) is 0 Å². The molecule has 34 heavy (non-hydrogen) atoms. The first-order valence-electron chi connectivity index (χ1n) is 11.8. The summed E-state index contributed by atoms with van der Waals surface area (Å²) in [4.78, 5) is 0. The van der Waals surface area contributed by atoms with Crippen molar-refractivity contribution in [2.75, 3.05) is 0 Å². The Kier molecular flexibility index (Phi) is 4.48. The molecule has 0 spiro atoms. The molecule has 0 bridgehead atoms. The highest BCUT2D eigenvalue weighted by molar-refractivity contribution is 6.83. The van der Waals surface area contributed by atoms with Gasteiger partial charge in [0.1, 0.15) is 5.41 Å². The Morgan fingerprint density at radius 3 is 1.38 bits per heavy atom. The molecule has 0 nitrogen and oxygen atoms in total. The monoisotopic (exact) mass is 450 g/mol. The van der Waals surface area contributed by atoms with Crippen LogP contribution in [0.4, 0.5) is 0 Å². The Balaban J connectivity index is 1.79. The molecule has 2 aliphatic carbocycles. The van der Waals surface area contributed by atoms with Crippen LogP contribution in [0.25, 0.3) is 27.8 Å². The third-order valence-corrected chi connectivity index (χ3v) is 9.23. The molecule has 4 aromatic rings. The number of rotatable bonds is 2. The van der Waals surface area contributed by atoms with Crippen molar-refractivity contribution in [3.05, 3.63) is 130 Å². The van der Waals surface area contributed by atoms with Crippen LogP contribution in [0.2, 0.25) is 19.6 Å². The van der Waals surface area contributed by atoms with E-state index >= 15 is 0 Å². The van der Waals surface area contributed by atoms with Crippen molar-refractivity contribution < 1.29 is 0 Å². The van der Waals surface area contributed by atoms with E-state index in [-0.39, 0.29) is 0 Å². The second kappa shape index (κ2) is 7.34. The minimum absolute atomic E-state index is 0.614. The molecular weight excluding hydrogens is 424 g/mol. The highest BCUT2D eigenvalue weighted by atomic mass is 28.3. The number of fused-ring (bicyclic) bond motifs is 6. The lowest BCUT2D eigenvalue weighted by molar-refractivity contribution is 0.851. The third-order valence-electron chi connectivity index (χ3n) is 7.23. The highest BCUT2D eigenvalue weighted by Crippen LogP contribution is 2.54. The van der Waals surface area contributed by atoms with Crippen LogP contribution in [0.15, 0.2) is 108 Å². The first-order chi connectivity index (χ1) is 16.5. The van der Waals surface area contributed by atoms with E-state index in [1.54, 1.807) is 0 Å². The van der Waals surface area contributed by atoms with Gasteiger partial charge < -0.3 is 0 Å². The summed E-state index contributed by atoms with van der Waals surface area (Å²) in [6.07, 6.45) is 6.56. The molecule has 0 atom stereocenters. The maximum absolute atomic E-state index is 6.56. The van der Waals surface area contributed by atoms with Crippen LogP contribution >= 0.6 is 0 Å². The second-order valence-electron chi connectivity index (χ2n) is 10.2. The van der Waals surface area contributed by atoms with Crippen LogP contribution in [-0.2, 0) is 5.41 Å². The number of benzene rings is 4. The zero-order chi connectivity index (χ0) is 23.5. The molecule has 4 aromatic carbocycles. The van der Waals surface area contributed by atoms with Crippen LogP contribution in [0.1, 0.15) is 22.3 Å². The zero-order valence-corrected chi connectivity index (χ0v) is 20.8. The summed E-state index contributed by atoms with van der Waals surface area (Å²) in [6.45, 7) is 7.18. The highest BCUT2D eigenvalue weighted by Gasteiger charge is 2.48. The van der Waals surface area contributed by atoms with E-state index in [0.717, 1.165) is 0 Å². The molecule has 1 heteroatoms. The number of hydrogen-bond acceptors (Lipinski definition) is 0. The van der Waals surface area contributed by atoms with Crippen molar-refractivity contribution in [2.45, 2.75) is 25.1 Å². The topological polar surface area (TPSA) is 0 Å². The predicted molar refractivity (Wildman–Crippen MR) is 146 cm³/mol. The van der Waals surface area contributed by atoms with Crippen LogP contribution in [0, 0.1) is 12.3 Å². The lowest BCUT2D eigenvalue weighted by Crippen LogP contribution is -2.39. The molecule has 6 rings (SSSR count). The maximum Gasteiger partial charge on any atom is 0.107 e. The fourth-order valence-corrected chi connectivity index (χ4v) is 7.82. The van der Waals surface area contributed by atoms with Gasteiger partial charge in [0, 0.05) is 5.57 Å². The van der Waals surface area contributed by atoms with Gasteiger partial charge in [-0.3, -0.25) is 0 Å². The molecule has 0 saturated carbocycles. The molecule has 0 unspecified atom stereocenters. The van der Waals surface area contributed by atoms with Gasteiger partial charge in [-0.1, -0.05) is 123 Å². The molecule has 0 heterocycles. The van der Waals surface area contributed by atoms with E-state index in [9.17, 15) is 0 Å². The molecule has 0 amide bonds. The van der Waals surface area contributed by atoms with Crippen LogP contribution in [-0.4, -0.2) is 8.07 Å². The average molecular weight is 451 g/mol. The molecule has 0 fully saturated rings. The number of hydrogen-bond donors (Lipinski definition) is 0. The van der Waals surface area contributed by atoms with E-state index in [1.807, 2.05) is 0 Å². The average Bonchev–Trinajstić information content (AvgIpc) is 3.33. The van der Waals surface area contributed by atoms with Gasteiger partial charge in [-0.25, -0.2) is 0 Å². The molecule has 162 valence electrons. The van der Waals surface area contributed by atoms with Crippen molar-refractivity contribution in [3.8, 4) is 34.6 Å². The Morgan fingerprint density at radius 2 is 0.971 bits per heavy atom. The molecule has 0 aliphatic heterocycles. The summed E-state index contributed by atoms with van der Waals surface area (Å²) in [5.41, 5.74) is 14.5. The standard InChI is InChI=1S/C33H26Si/c1-5-33(30-20-12-10-18-27(30)28-19-11-13-21-31(28)33)32(34(2,3)4)22-29-25-16-8-6-14-23(25)24-15-7-9-17-26(24)29/h1,6-21H,2-4H3. The molecule has 2 aliphatic rings. The van der Waals surface area contributed by atoms with Gasteiger partial charge in [0.25, 0.3) is 0 Å². The van der Waals surface area contributed by atoms with E-state index in [0.29, 0.717) is 0 Å². The van der Waals surface area contributed by atoms with Gasteiger partial charge in [-0.2, -0.15) is 0 Å². The third kappa shape index (κ3) is 2.74. The van der Waals surface area contributed by atoms with E-state index in [1.165, 1.54) is 55.3 Å². The second-order valence-corrected chi connectivity index (χ2v) is 15.2. The van der Waals surface area contributed by atoms with E-state index in [4.69, 9.17) is 6.42 Å². The fraction of sp³-hybridized carbons (Fsp3) is 0.121. The smallest absolute Gasteiger partial charge is 0.107 e. The Bertz CT molecular complexity index is 1490. The predicted octanol–water partition coefficient (Wildman–Crippen LogP) is 8.10. The van der Waals surface area contributed by atoms with Crippen molar-refractivity contribution >= 4 is 13.6 Å². The van der Waals surface area contributed by atoms with Crippen LogP contribution in [0.5, 0.6) is 0 Å². The summed E-state index contributed by atoms with van der Waals surface area (Å²) in [7, 11) is -1.95. The summed E-state index contributed by atoms with van der Waals surface area (Å²) in [5.74, 6) is 3.34. The lowest BCUT2D eigenvalue weighted by atomic mass is 9.78. The minimum Gasteiger partial charge on any atom is -0.118 e. The van der Waals surface area contributed by atoms with E-state index < -0.39 is 13.5 Å². The molecule has 0 aromatic heterocycles. The number of terminal acetylenes is 1. The molecule has 0 N–H and O–H groups in total. The van der Waals surface area contributed by atoms with Gasteiger partial charge in [0.15, 0.2) is 0 Å². The van der Waals surface area contributed by atoms with Crippen LogP contribution < -0.4 is 0 Å². The zero-order valence-electron chi connectivity index (χ0n) is 19.8. The van der Waals surface area contributed by atoms with Crippen molar-refractivity contribution in [1.29, 1.82) is 0 Å². The summed E-state index contributed by atoms with van der Waals surface area (Å²) in [5, 5.41) is 1.27. The van der Waals surface area contributed by atoms with Gasteiger partial charge >= 0.3 is 0 Å². The SMILES string of the molecule is C#CC1(C(=C=C2c3ccccc3-c3ccccc32)[Si](C)(C)C)c2ccccc2-c2ccccc21. The van der Waals surface area contributed by atoms with E-state index in [2.05, 4.69) is 128 Å².